The van der Waals surface area contributed by atoms with Crippen LogP contribution in [0.2, 0.25) is 0 Å². The molecule has 24 heavy (non-hydrogen) atoms. The molecule has 0 unspecified atom stereocenters. The molecule has 0 aliphatic carbocycles. The molecular weight excluding hydrogens is 298 g/mol. The number of benzene rings is 1. The van der Waals surface area contributed by atoms with Crippen LogP contribution in [0.1, 0.15) is 12.8 Å². The van der Waals surface area contributed by atoms with E-state index >= 15 is 0 Å². The summed E-state index contributed by atoms with van der Waals surface area (Å²) in [6.45, 7) is 6.44. The third-order valence-corrected chi connectivity index (χ3v) is 4.99. The Hall–Kier alpha value is -2.14. The molecule has 1 aromatic carbocycles. The van der Waals surface area contributed by atoms with E-state index in [2.05, 4.69) is 52.1 Å². The van der Waals surface area contributed by atoms with Crippen LogP contribution in [0.25, 0.3) is 11.4 Å². The summed E-state index contributed by atoms with van der Waals surface area (Å²) in [6, 6.07) is 12.5. The summed E-state index contributed by atoms with van der Waals surface area (Å²) in [5.41, 5.74) is 1.09. The maximum Gasteiger partial charge on any atom is 0.163 e. The number of piperazine rings is 1. The highest BCUT2D eigenvalue weighted by Crippen LogP contribution is 2.27. The fraction of sp³-hybridized carbons (Fsp3) is 0.474. The number of anilines is 2. The van der Waals surface area contributed by atoms with Gasteiger partial charge in [0.05, 0.1) is 0 Å². The molecule has 5 nitrogen and oxygen atoms in total. The Morgan fingerprint density at radius 1 is 0.750 bits per heavy atom. The molecule has 0 bridgehead atoms. The second-order valence-electron chi connectivity index (χ2n) is 6.76. The molecule has 5 heteroatoms. The molecule has 2 fully saturated rings. The molecule has 3 heterocycles. The summed E-state index contributed by atoms with van der Waals surface area (Å²) in [5.74, 6) is 2.99. The van der Waals surface area contributed by atoms with Crippen LogP contribution in [0.3, 0.4) is 0 Å². The quantitative estimate of drug-likeness (QED) is 0.867. The van der Waals surface area contributed by atoms with E-state index in [1.807, 2.05) is 6.07 Å². The van der Waals surface area contributed by atoms with Gasteiger partial charge in [0.1, 0.15) is 11.6 Å². The number of hydrogen-bond donors (Lipinski definition) is 0. The third kappa shape index (κ3) is 3.22. The molecule has 1 aromatic heterocycles. The maximum atomic E-state index is 4.89. The zero-order valence-electron chi connectivity index (χ0n) is 14.4. The molecule has 0 atom stereocenters. The lowest BCUT2D eigenvalue weighted by atomic mass is 10.2. The van der Waals surface area contributed by atoms with Crippen molar-refractivity contribution in [3.63, 3.8) is 0 Å². The van der Waals surface area contributed by atoms with Crippen molar-refractivity contribution in [1.29, 1.82) is 0 Å². The SMILES string of the molecule is CN1CCN(c2cc(N3CCCC3)nc(-c3ccccc3)n2)CC1. The molecule has 0 saturated carbocycles. The highest BCUT2D eigenvalue weighted by molar-refractivity contribution is 5.62. The molecular formula is C19H25N5. The minimum absolute atomic E-state index is 0.842. The van der Waals surface area contributed by atoms with Gasteiger partial charge in [-0.15, -0.1) is 0 Å². The Morgan fingerprint density at radius 2 is 1.33 bits per heavy atom. The van der Waals surface area contributed by atoms with Gasteiger partial charge in [-0.25, -0.2) is 9.97 Å². The van der Waals surface area contributed by atoms with E-state index < -0.39 is 0 Å². The van der Waals surface area contributed by atoms with E-state index in [-0.39, 0.29) is 0 Å². The molecule has 2 saturated heterocycles. The summed E-state index contributed by atoms with van der Waals surface area (Å²) < 4.78 is 0. The van der Waals surface area contributed by atoms with E-state index in [4.69, 9.17) is 9.97 Å². The number of likely N-dealkylation sites (N-methyl/N-ethyl adjacent to an activating group) is 1. The van der Waals surface area contributed by atoms with E-state index in [0.29, 0.717) is 0 Å². The van der Waals surface area contributed by atoms with Crippen molar-refractivity contribution in [3.05, 3.63) is 36.4 Å². The van der Waals surface area contributed by atoms with Crippen LogP contribution in [0.15, 0.2) is 36.4 Å². The topological polar surface area (TPSA) is 35.5 Å². The average Bonchev–Trinajstić information content (AvgIpc) is 3.17. The van der Waals surface area contributed by atoms with Crippen LogP contribution >= 0.6 is 0 Å². The monoisotopic (exact) mass is 323 g/mol. The van der Waals surface area contributed by atoms with E-state index in [9.17, 15) is 0 Å². The highest BCUT2D eigenvalue weighted by Gasteiger charge is 2.20. The zero-order chi connectivity index (χ0) is 16.4. The van der Waals surface area contributed by atoms with Crippen LogP contribution in [0.4, 0.5) is 11.6 Å². The van der Waals surface area contributed by atoms with Gasteiger partial charge in [0.15, 0.2) is 5.82 Å². The van der Waals surface area contributed by atoms with E-state index in [0.717, 1.165) is 62.3 Å². The lowest BCUT2D eigenvalue weighted by molar-refractivity contribution is 0.312. The zero-order valence-corrected chi connectivity index (χ0v) is 14.4. The van der Waals surface area contributed by atoms with Crippen LogP contribution in [0.5, 0.6) is 0 Å². The van der Waals surface area contributed by atoms with Crippen molar-refractivity contribution in [2.75, 3.05) is 56.1 Å². The molecule has 4 rings (SSSR count). The molecule has 0 N–H and O–H groups in total. The summed E-state index contributed by atoms with van der Waals surface area (Å²) in [4.78, 5) is 16.9. The van der Waals surface area contributed by atoms with Gasteiger partial charge < -0.3 is 14.7 Å². The second-order valence-corrected chi connectivity index (χ2v) is 6.76. The molecule has 2 aliphatic heterocycles. The van der Waals surface area contributed by atoms with Crippen LogP contribution in [0, 0.1) is 0 Å². The van der Waals surface area contributed by atoms with Gasteiger partial charge in [-0.1, -0.05) is 30.3 Å². The Bertz CT molecular complexity index is 673. The fourth-order valence-electron chi connectivity index (χ4n) is 3.44. The first-order chi connectivity index (χ1) is 11.8. The number of nitrogens with zero attached hydrogens (tertiary/aromatic N) is 5. The van der Waals surface area contributed by atoms with Crippen molar-refractivity contribution >= 4 is 11.6 Å². The Balaban J connectivity index is 1.70. The summed E-state index contributed by atoms with van der Waals surface area (Å²) in [5, 5.41) is 0. The van der Waals surface area contributed by atoms with Crippen molar-refractivity contribution in [1.82, 2.24) is 14.9 Å². The predicted molar refractivity (Wildman–Crippen MR) is 98.6 cm³/mol. The van der Waals surface area contributed by atoms with Gasteiger partial charge >= 0.3 is 0 Å². The Morgan fingerprint density at radius 3 is 1.96 bits per heavy atom. The molecule has 0 spiro atoms. The van der Waals surface area contributed by atoms with Crippen molar-refractivity contribution in [2.45, 2.75) is 12.8 Å². The first-order valence-electron chi connectivity index (χ1n) is 8.92. The van der Waals surface area contributed by atoms with Crippen LogP contribution in [-0.2, 0) is 0 Å². The highest BCUT2D eigenvalue weighted by atomic mass is 15.3. The molecule has 2 aromatic rings. The maximum absolute atomic E-state index is 4.89. The van der Waals surface area contributed by atoms with E-state index in [1.165, 1.54) is 12.8 Å². The standard InChI is InChI=1S/C19H25N5/c1-22-11-13-24(14-12-22)18-15-17(23-9-5-6-10-23)20-19(21-18)16-7-3-2-4-8-16/h2-4,7-8,15H,5-6,9-14H2,1H3. The van der Waals surface area contributed by atoms with Crippen molar-refractivity contribution in [3.8, 4) is 11.4 Å². The molecule has 126 valence electrons. The van der Waals surface area contributed by atoms with Crippen LogP contribution < -0.4 is 9.80 Å². The van der Waals surface area contributed by atoms with Gasteiger partial charge in [0.2, 0.25) is 0 Å². The van der Waals surface area contributed by atoms with Crippen molar-refractivity contribution < 1.29 is 0 Å². The van der Waals surface area contributed by atoms with Gasteiger partial charge in [-0.2, -0.15) is 0 Å². The lowest BCUT2D eigenvalue weighted by Crippen LogP contribution is -2.45. The van der Waals surface area contributed by atoms with Crippen molar-refractivity contribution in [2.24, 2.45) is 0 Å². The Labute approximate surface area is 143 Å². The van der Waals surface area contributed by atoms with E-state index in [1.54, 1.807) is 0 Å². The second kappa shape index (κ2) is 6.77. The Kier molecular flexibility index (Phi) is 4.34. The third-order valence-electron chi connectivity index (χ3n) is 4.99. The number of aromatic nitrogens is 2. The first kappa shape index (κ1) is 15.4. The summed E-state index contributed by atoms with van der Waals surface area (Å²) in [6.07, 6.45) is 2.52. The normalized spacial score (nSPS) is 19.0. The minimum Gasteiger partial charge on any atom is -0.356 e. The molecule has 2 aliphatic rings. The average molecular weight is 323 g/mol. The number of hydrogen-bond acceptors (Lipinski definition) is 5. The van der Waals surface area contributed by atoms with Gasteiger partial charge in [0, 0.05) is 50.9 Å². The smallest absolute Gasteiger partial charge is 0.163 e. The molecule has 0 radical (unpaired) electrons. The summed E-state index contributed by atoms with van der Waals surface area (Å²) >= 11 is 0. The summed E-state index contributed by atoms with van der Waals surface area (Å²) in [7, 11) is 2.18. The largest absolute Gasteiger partial charge is 0.356 e. The number of rotatable bonds is 3. The minimum atomic E-state index is 0.842. The predicted octanol–water partition coefficient (Wildman–Crippen LogP) is 2.50. The van der Waals surface area contributed by atoms with Gasteiger partial charge in [-0.3, -0.25) is 0 Å². The first-order valence-corrected chi connectivity index (χ1v) is 8.92. The van der Waals surface area contributed by atoms with Crippen LogP contribution in [-0.4, -0.2) is 61.2 Å². The van der Waals surface area contributed by atoms with Gasteiger partial charge in [-0.05, 0) is 19.9 Å². The van der Waals surface area contributed by atoms with Gasteiger partial charge in [0.25, 0.3) is 0 Å². The molecule has 0 amide bonds. The fourth-order valence-corrected chi connectivity index (χ4v) is 3.44. The lowest BCUT2D eigenvalue weighted by Gasteiger charge is -2.33.